The minimum Gasteiger partial charge on any atom is -0.351 e. The van der Waals surface area contributed by atoms with Crippen LogP contribution in [0.15, 0.2) is 61.2 Å². The summed E-state index contributed by atoms with van der Waals surface area (Å²) in [7, 11) is 0. The molecule has 2 amide bonds. The number of hydrogen-bond acceptors (Lipinski definition) is 3. The standard InChI is InChI=1S/C24H27N3O2/c1-17-21-10-6-7-11-22(21)24(29)27(17)18(2)23(28)25-20-12-14-26(15-13-20)16-19-8-4-3-5-9-19/h3-11,18,20H,1,12-16H2,2H3,(H,25,28). The monoisotopic (exact) mass is 389 g/mol. The van der Waals surface area contributed by atoms with Crippen molar-refractivity contribution in [2.24, 2.45) is 0 Å². The van der Waals surface area contributed by atoms with Crippen LogP contribution in [0.3, 0.4) is 0 Å². The summed E-state index contributed by atoms with van der Waals surface area (Å²) in [6.45, 7) is 8.67. The van der Waals surface area contributed by atoms with E-state index in [1.165, 1.54) is 10.5 Å². The van der Waals surface area contributed by atoms with Crippen LogP contribution in [0.4, 0.5) is 0 Å². The fourth-order valence-corrected chi connectivity index (χ4v) is 4.23. The third-order valence-electron chi connectivity index (χ3n) is 5.93. The summed E-state index contributed by atoms with van der Waals surface area (Å²) in [5, 5.41) is 3.15. The molecule has 4 rings (SSSR count). The molecule has 2 aromatic carbocycles. The van der Waals surface area contributed by atoms with Crippen LogP contribution in [-0.4, -0.2) is 46.8 Å². The number of carbonyl (C=O) groups excluding carboxylic acids is 2. The number of likely N-dealkylation sites (tertiary alicyclic amines) is 1. The number of nitrogens with one attached hydrogen (secondary N) is 1. The summed E-state index contributed by atoms with van der Waals surface area (Å²) in [5.74, 6) is -0.264. The molecule has 0 aromatic heterocycles. The molecule has 2 aliphatic heterocycles. The number of rotatable bonds is 5. The number of fused-ring (bicyclic) bond motifs is 1. The minimum atomic E-state index is -0.579. The Morgan fingerprint density at radius 2 is 1.69 bits per heavy atom. The lowest BCUT2D eigenvalue weighted by molar-refractivity contribution is -0.125. The molecule has 29 heavy (non-hydrogen) atoms. The van der Waals surface area contributed by atoms with E-state index in [9.17, 15) is 9.59 Å². The first-order chi connectivity index (χ1) is 14.0. The van der Waals surface area contributed by atoms with Gasteiger partial charge in [0.25, 0.3) is 5.91 Å². The van der Waals surface area contributed by atoms with Gasteiger partial charge in [-0.1, -0.05) is 55.1 Å². The van der Waals surface area contributed by atoms with Crippen molar-refractivity contribution in [2.45, 2.75) is 38.4 Å². The fourth-order valence-electron chi connectivity index (χ4n) is 4.23. The molecule has 1 N–H and O–H groups in total. The van der Waals surface area contributed by atoms with Crippen molar-refractivity contribution in [3.05, 3.63) is 77.9 Å². The Balaban J connectivity index is 1.31. The van der Waals surface area contributed by atoms with Crippen molar-refractivity contribution in [3.63, 3.8) is 0 Å². The fraction of sp³-hybridized carbons (Fsp3) is 0.333. The summed E-state index contributed by atoms with van der Waals surface area (Å²) in [6, 6.07) is 17.4. The SMILES string of the molecule is C=C1c2ccccc2C(=O)N1C(C)C(=O)NC1CCN(Cc2ccccc2)CC1. The van der Waals surface area contributed by atoms with Gasteiger partial charge in [0, 0.05) is 42.5 Å². The number of piperidine rings is 1. The lowest BCUT2D eigenvalue weighted by Crippen LogP contribution is -2.50. The summed E-state index contributed by atoms with van der Waals surface area (Å²) >= 11 is 0. The molecule has 0 radical (unpaired) electrons. The number of benzene rings is 2. The highest BCUT2D eigenvalue weighted by atomic mass is 16.2. The van der Waals surface area contributed by atoms with Crippen LogP contribution in [0.25, 0.3) is 5.70 Å². The summed E-state index contributed by atoms with van der Waals surface area (Å²) in [4.78, 5) is 29.5. The molecule has 5 heteroatoms. The van der Waals surface area contributed by atoms with E-state index in [4.69, 9.17) is 0 Å². The Hall–Kier alpha value is -2.92. The van der Waals surface area contributed by atoms with E-state index in [2.05, 4.69) is 41.1 Å². The van der Waals surface area contributed by atoms with Crippen LogP contribution >= 0.6 is 0 Å². The Kier molecular flexibility index (Phi) is 5.49. The maximum Gasteiger partial charge on any atom is 0.259 e. The van der Waals surface area contributed by atoms with Gasteiger partial charge in [-0.3, -0.25) is 19.4 Å². The van der Waals surface area contributed by atoms with Crippen LogP contribution < -0.4 is 5.32 Å². The van der Waals surface area contributed by atoms with Crippen LogP contribution in [0.2, 0.25) is 0 Å². The van der Waals surface area contributed by atoms with Gasteiger partial charge in [-0.15, -0.1) is 0 Å². The Bertz CT molecular complexity index is 882. The van der Waals surface area contributed by atoms with Crippen LogP contribution in [0, 0.1) is 0 Å². The third kappa shape index (κ3) is 3.96. The molecule has 5 nitrogen and oxygen atoms in total. The number of hydrogen-bond donors (Lipinski definition) is 1. The summed E-state index contributed by atoms with van der Waals surface area (Å²) in [5.41, 5.74) is 3.35. The van der Waals surface area contributed by atoms with E-state index in [1.807, 2.05) is 24.3 Å². The maximum atomic E-state index is 12.9. The Morgan fingerprint density at radius 1 is 1.07 bits per heavy atom. The number of amides is 2. The molecule has 1 saturated heterocycles. The maximum absolute atomic E-state index is 12.9. The normalized spacial score (nSPS) is 18.6. The zero-order valence-corrected chi connectivity index (χ0v) is 16.8. The van der Waals surface area contributed by atoms with Crippen LogP contribution in [0.5, 0.6) is 0 Å². The van der Waals surface area contributed by atoms with E-state index in [0.717, 1.165) is 38.0 Å². The van der Waals surface area contributed by atoms with Gasteiger partial charge >= 0.3 is 0 Å². The Morgan fingerprint density at radius 3 is 2.34 bits per heavy atom. The average molecular weight is 389 g/mol. The quantitative estimate of drug-likeness (QED) is 0.854. The highest BCUT2D eigenvalue weighted by Crippen LogP contribution is 2.33. The van der Waals surface area contributed by atoms with E-state index >= 15 is 0 Å². The molecular weight excluding hydrogens is 362 g/mol. The number of carbonyl (C=O) groups is 2. The summed E-state index contributed by atoms with van der Waals surface area (Å²) < 4.78 is 0. The molecule has 1 atom stereocenters. The van der Waals surface area contributed by atoms with Crippen molar-refractivity contribution in [2.75, 3.05) is 13.1 Å². The van der Waals surface area contributed by atoms with Gasteiger partial charge in [-0.05, 0) is 31.4 Å². The van der Waals surface area contributed by atoms with Gasteiger partial charge in [0.1, 0.15) is 6.04 Å². The molecule has 150 valence electrons. The van der Waals surface area contributed by atoms with Gasteiger partial charge in [0.05, 0.1) is 0 Å². The zero-order valence-electron chi connectivity index (χ0n) is 16.8. The van der Waals surface area contributed by atoms with Crippen LogP contribution in [-0.2, 0) is 11.3 Å². The van der Waals surface area contributed by atoms with Gasteiger partial charge in [-0.2, -0.15) is 0 Å². The minimum absolute atomic E-state index is 0.117. The van der Waals surface area contributed by atoms with Crippen molar-refractivity contribution in [3.8, 4) is 0 Å². The molecule has 1 unspecified atom stereocenters. The third-order valence-corrected chi connectivity index (χ3v) is 5.93. The lowest BCUT2D eigenvalue weighted by atomic mass is 10.0. The van der Waals surface area contributed by atoms with Gasteiger partial charge in [0.15, 0.2) is 0 Å². The first-order valence-corrected chi connectivity index (χ1v) is 10.2. The van der Waals surface area contributed by atoms with Gasteiger partial charge in [0.2, 0.25) is 5.91 Å². The topological polar surface area (TPSA) is 52.7 Å². The molecule has 2 aliphatic rings. The summed E-state index contributed by atoms with van der Waals surface area (Å²) in [6.07, 6.45) is 1.83. The number of nitrogens with zero attached hydrogens (tertiary/aromatic N) is 2. The molecular formula is C24H27N3O2. The molecule has 0 saturated carbocycles. The smallest absolute Gasteiger partial charge is 0.259 e. The molecule has 0 bridgehead atoms. The Labute approximate surface area is 172 Å². The predicted molar refractivity (Wildman–Crippen MR) is 114 cm³/mol. The van der Waals surface area contributed by atoms with Gasteiger partial charge in [-0.25, -0.2) is 0 Å². The lowest BCUT2D eigenvalue weighted by Gasteiger charge is -2.33. The highest BCUT2D eigenvalue weighted by Gasteiger charge is 2.37. The predicted octanol–water partition coefficient (Wildman–Crippen LogP) is 3.28. The van der Waals surface area contributed by atoms with Crippen LogP contribution in [0.1, 0.15) is 41.3 Å². The highest BCUT2D eigenvalue weighted by molar-refractivity contribution is 6.10. The largest absolute Gasteiger partial charge is 0.351 e. The molecule has 0 aliphatic carbocycles. The second-order valence-corrected chi connectivity index (χ2v) is 7.89. The molecule has 1 fully saturated rings. The van der Waals surface area contributed by atoms with Crippen molar-refractivity contribution < 1.29 is 9.59 Å². The zero-order chi connectivity index (χ0) is 20.4. The first kappa shape index (κ1) is 19.4. The van der Waals surface area contributed by atoms with Gasteiger partial charge < -0.3 is 5.32 Å². The average Bonchev–Trinajstić information content (AvgIpc) is 3.00. The van der Waals surface area contributed by atoms with E-state index in [-0.39, 0.29) is 17.9 Å². The molecule has 2 aromatic rings. The molecule has 0 spiro atoms. The molecule has 2 heterocycles. The second-order valence-electron chi connectivity index (χ2n) is 7.89. The van der Waals surface area contributed by atoms with Crippen molar-refractivity contribution in [1.29, 1.82) is 0 Å². The second kappa shape index (κ2) is 8.21. The van der Waals surface area contributed by atoms with E-state index in [0.29, 0.717) is 11.3 Å². The van der Waals surface area contributed by atoms with Crippen molar-refractivity contribution in [1.82, 2.24) is 15.1 Å². The first-order valence-electron chi connectivity index (χ1n) is 10.2. The van der Waals surface area contributed by atoms with E-state index < -0.39 is 6.04 Å². The van der Waals surface area contributed by atoms with E-state index in [1.54, 1.807) is 13.0 Å². The van der Waals surface area contributed by atoms with Crippen molar-refractivity contribution >= 4 is 17.5 Å².